The van der Waals surface area contributed by atoms with E-state index in [1.807, 2.05) is 6.92 Å². The second-order valence-corrected chi connectivity index (χ2v) is 15.8. The molecule has 2 aliphatic heterocycles. The van der Waals surface area contributed by atoms with E-state index in [4.69, 9.17) is 18.9 Å². The van der Waals surface area contributed by atoms with Crippen LogP contribution in [0, 0.1) is 40.4 Å². The van der Waals surface area contributed by atoms with Gasteiger partial charge in [0, 0.05) is 5.92 Å². The Morgan fingerprint density at radius 2 is 1.31 bits per heavy atom. The molecule has 16 nitrogen and oxygen atoms in total. The zero-order valence-electron chi connectivity index (χ0n) is 27.6. The molecular weight excluding hydrogens is 652 g/mol. The van der Waals surface area contributed by atoms with Gasteiger partial charge in [-0.05, 0) is 85.9 Å². The predicted molar refractivity (Wildman–Crippen MR) is 161 cm³/mol. The number of aliphatic carboxylic acids is 2. The molecule has 2 saturated heterocycles. The van der Waals surface area contributed by atoms with Crippen LogP contribution in [0.25, 0.3) is 0 Å². The molecule has 6 fully saturated rings. The van der Waals surface area contributed by atoms with Crippen LogP contribution in [0.5, 0.6) is 0 Å². The van der Waals surface area contributed by atoms with Gasteiger partial charge in [0.05, 0.1) is 12.2 Å². The molecule has 0 bridgehead atoms. The molecule has 49 heavy (non-hydrogen) atoms. The average molecular weight is 703 g/mol. The van der Waals surface area contributed by atoms with E-state index in [0.717, 1.165) is 19.3 Å². The molecule has 19 atom stereocenters. The molecular formula is C33H50O16. The van der Waals surface area contributed by atoms with Crippen LogP contribution in [0.4, 0.5) is 0 Å². The second-order valence-electron chi connectivity index (χ2n) is 15.8. The van der Waals surface area contributed by atoms with Gasteiger partial charge in [-0.2, -0.15) is 0 Å². The van der Waals surface area contributed by atoms with Crippen LogP contribution in [-0.4, -0.2) is 144 Å². The van der Waals surface area contributed by atoms with Crippen LogP contribution in [0.1, 0.15) is 65.2 Å². The van der Waals surface area contributed by atoms with Crippen molar-refractivity contribution in [3.8, 4) is 0 Å². The van der Waals surface area contributed by atoms with Crippen molar-refractivity contribution in [1.82, 2.24) is 0 Å². The quantitative estimate of drug-likeness (QED) is 0.129. The normalized spacial score (nSPS) is 52.8. The van der Waals surface area contributed by atoms with E-state index in [0.29, 0.717) is 32.1 Å². The first-order valence-corrected chi connectivity index (χ1v) is 17.3. The molecule has 2 unspecified atom stereocenters. The van der Waals surface area contributed by atoms with E-state index in [1.165, 1.54) is 0 Å². The molecule has 0 aromatic carbocycles. The Kier molecular flexibility index (Phi) is 10.3. The standard InChI is InChI=1S/C33H50O16/c1-32-8-7-13(47-31-25(41)21(37)23(39)27(49-31)29(44)45)9-12(32)3-4-14-15-5-6-16(33(15,2)10-17(34)19(14)32)18(35)11-46-30-24(40)20(36)22(38)26(48-30)28(42)43/h12-17,19-27,30-31,34,36-41H,3-11H2,1-2H3,(H,42,43)(H,44,45)/t12-,13+,14-,15-,16+,17+,19+,20-,21-,22-,23-,24+,25+,26-,27-,30?,31?,32-,33-/m0/s1. The van der Waals surface area contributed by atoms with Crippen LogP contribution >= 0.6 is 0 Å². The Morgan fingerprint density at radius 1 is 0.714 bits per heavy atom. The van der Waals surface area contributed by atoms with Crippen LogP contribution in [0.3, 0.4) is 0 Å². The van der Waals surface area contributed by atoms with Crippen molar-refractivity contribution in [2.24, 2.45) is 40.4 Å². The Labute approximate surface area is 282 Å². The van der Waals surface area contributed by atoms with Gasteiger partial charge in [0.2, 0.25) is 0 Å². The highest BCUT2D eigenvalue weighted by molar-refractivity contribution is 5.83. The fourth-order valence-electron chi connectivity index (χ4n) is 10.8. The first kappa shape index (κ1) is 36.9. The molecule has 0 radical (unpaired) electrons. The van der Waals surface area contributed by atoms with Crippen LogP contribution in [0.15, 0.2) is 0 Å². The van der Waals surface area contributed by atoms with E-state index < -0.39 is 103 Å². The van der Waals surface area contributed by atoms with E-state index in [9.17, 15) is 60.3 Å². The predicted octanol–water partition coefficient (Wildman–Crippen LogP) is -1.63. The molecule has 0 aromatic heterocycles. The molecule has 0 aromatic rings. The molecule has 6 rings (SSSR count). The lowest BCUT2D eigenvalue weighted by atomic mass is 9.44. The lowest BCUT2D eigenvalue weighted by Gasteiger charge is -2.62. The van der Waals surface area contributed by atoms with Crippen molar-refractivity contribution in [2.45, 2.75) is 139 Å². The SMILES string of the molecule is C[C@]12CC[C@@H](OC3O[C@H](C(=O)O)[C@@H](O)[C@H](O)[C@H]3O)C[C@@H]1CC[C@@H]1[C@@H]2[C@H](O)C[C@]2(C)[C@@H](C(=O)COC3O[C@H](C(=O)O)[C@@H](O)[C@H](O)[C@H]3O)CC[C@@H]12. The molecule has 278 valence electrons. The number of aliphatic hydroxyl groups excluding tert-OH is 7. The summed E-state index contributed by atoms with van der Waals surface area (Å²) in [5.41, 5.74) is -0.781. The number of ketones is 1. The van der Waals surface area contributed by atoms with Crippen molar-refractivity contribution in [1.29, 1.82) is 0 Å². The summed E-state index contributed by atoms with van der Waals surface area (Å²) in [5, 5.41) is 91.6. The van der Waals surface area contributed by atoms with Crippen LogP contribution < -0.4 is 0 Å². The van der Waals surface area contributed by atoms with Crippen LogP contribution in [-0.2, 0) is 33.3 Å². The molecule has 9 N–H and O–H groups in total. The van der Waals surface area contributed by atoms with Crippen molar-refractivity contribution < 1.29 is 79.3 Å². The number of hydrogen-bond acceptors (Lipinski definition) is 14. The van der Waals surface area contributed by atoms with Gasteiger partial charge in [0.15, 0.2) is 30.6 Å². The van der Waals surface area contributed by atoms with Gasteiger partial charge in [0.1, 0.15) is 43.2 Å². The number of rotatable bonds is 8. The number of aliphatic hydroxyl groups is 7. The highest BCUT2D eigenvalue weighted by Gasteiger charge is 2.64. The summed E-state index contributed by atoms with van der Waals surface area (Å²) in [6.07, 6.45) is -13.2. The van der Waals surface area contributed by atoms with Crippen LogP contribution in [0.2, 0.25) is 0 Å². The third kappa shape index (κ3) is 6.24. The summed E-state index contributed by atoms with van der Waals surface area (Å²) < 4.78 is 22.1. The third-order valence-electron chi connectivity index (χ3n) is 13.3. The number of carbonyl (C=O) groups is 3. The van der Waals surface area contributed by atoms with E-state index in [-0.39, 0.29) is 34.9 Å². The minimum absolute atomic E-state index is 0.0353. The average Bonchev–Trinajstić information content (AvgIpc) is 3.39. The Morgan fingerprint density at radius 3 is 1.92 bits per heavy atom. The Balaban J connectivity index is 1.09. The second kappa shape index (κ2) is 13.6. The van der Waals surface area contributed by atoms with Gasteiger partial charge in [0.25, 0.3) is 0 Å². The summed E-state index contributed by atoms with van der Waals surface area (Å²) in [4.78, 5) is 36.6. The van der Waals surface area contributed by atoms with Gasteiger partial charge >= 0.3 is 11.9 Å². The Bertz CT molecular complexity index is 1260. The van der Waals surface area contributed by atoms with Crippen molar-refractivity contribution in [3.05, 3.63) is 0 Å². The fraction of sp³-hybridized carbons (Fsp3) is 0.909. The molecule has 0 spiro atoms. The largest absolute Gasteiger partial charge is 0.479 e. The topological polar surface area (TPSA) is 270 Å². The lowest BCUT2D eigenvalue weighted by molar-refractivity contribution is -0.310. The number of ether oxygens (including phenoxy) is 4. The molecule has 4 saturated carbocycles. The minimum atomic E-state index is -1.87. The molecule has 4 aliphatic carbocycles. The summed E-state index contributed by atoms with van der Waals surface area (Å²) in [5.74, 6) is -3.34. The maximum Gasteiger partial charge on any atom is 0.335 e. The monoisotopic (exact) mass is 702 g/mol. The van der Waals surface area contributed by atoms with Gasteiger partial charge in [-0.3, -0.25) is 4.79 Å². The third-order valence-corrected chi connectivity index (χ3v) is 13.3. The number of hydrogen-bond donors (Lipinski definition) is 9. The molecule has 2 heterocycles. The fourth-order valence-corrected chi connectivity index (χ4v) is 10.8. The van der Waals surface area contributed by atoms with Gasteiger partial charge in [-0.25, -0.2) is 9.59 Å². The number of fused-ring (bicyclic) bond motifs is 5. The number of carboxylic acids is 2. The van der Waals surface area contributed by atoms with Crippen molar-refractivity contribution in [3.63, 3.8) is 0 Å². The highest BCUT2D eigenvalue weighted by Crippen LogP contribution is 2.67. The van der Waals surface area contributed by atoms with E-state index >= 15 is 0 Å². The maximum atomic E-state index is 13.6. The number of Topliss-reactive ketones (excluding diaryl/α,β-unsaturated/α-hetero) is 1. The van der Waals surface area contributed by atoms with E-state index in [1.54, 1.807) is 0 Å². The maximum absolute atomic E-state index is 13.6. The summed E-state index contributed by atoms with van der Waals surface area (Å²) >= 11 is 0. The van der Waals surface area contributed by atoms with E-state index in [2.05, 4.69) is 6.92 Å². The number of carbonyl (C=O) groups excluding carboxylic acids is 1. The van der Waals surface area contributed by atoms with Gasteiger partial charge in [-0.1, -0.05) is 13.8 Å². The minimum Gasteiger partial charge on any atom is -0.479 e. The summed E-state index contributed by atoms with van der Waals surface area (Å²) in [6.45, 7) is 3.72. The molecule has 16 heteroatoms. The van der Waals surface area contributed by atoms with Gasteiger partial charge < -0.3 is 64.9 Å². The summed E-state index contributed by atoms with van der Waals surface area (Å²) in [7, 11) is 0. The molecule has 6 aliphatic rings. The summed E-state index contributed by atoms with van der Waals surface area (Å²) in [6, 6.07) is 0. The first-order valence-electron chi connectivity index (χ1n) is 17.3. The zero-order valence-corrected chi connectivity index (χ0v) is 27.6. The Hall–Kier alpha value is -1.83. The zero-order chi connectivity index (χ0) is 35.7. The lowest BCUT2D eigenvalue weighted by Crippen LogP contribution is -2.62. The first-order chi connectivity index (χ1) is 23.0. The van der Waals surface area contributed by atoms with Crippen molar-refractivity contribution in [2.75, 3.05) is 6.61 Å². The van der Waals surface area contributed by atoms with Gasteiger partial charge in [-0.15, -0.1) is 0 Å². The molecule has 0 amide bonds. The number of carboxylic acid groups (broad SMARTS) is 2. The van der Waals surface area contributed by atoms with Crippen molar-refractivity contribution >= 4 is 17.7 Å². The highest BCUT2D eigenvalue weighted by atomic mass is 16.7. The smallest absolute Gasteiger partial charge is 0.335 e.